The first kappa shape index (κ1) is 20.9. The molecule has 0 aliphatic carbocycles. The van der Waals surface area contributed by atoms with E-state index < -0.39 is 5.66 Å². The van der Waals surface area contributed by atoms with Gasteiger partial charge in [-0.3, -0.25) is 19.3 Å². The molecule has 2 aromatic rings. The molecule has 0 saturated carbocycles. The molecule has 2 aliphatic heterocycles. The Kier molecular flexibility index (Phi) is 5.36. The van der Waals surface area contributed by atoms with Gasteiger partial charge in [-0.05, 0) is 43.7 Å². The molecule has 4 rings (SSSR count). The summed E-state index contributed by atoms with van der Waals surface area (Å²) in [6.45, 7) is 2.11. The second-order valence-electron chi connectivity index (χ2n) is 7.72. The van der Waals surface area contributed by atoms with Crippen LogP contribution in [0.5, 0.6) is 0 Å². The van der Waals surface area contributed by atoms with Crippen LogP contribution < -0.4 is 9.80 Å². The van der Waals surface area contributed by atoms with Gasteiger partial charge in [0.05, 0.1) is 22.0 Å². The number of hydrogen-bond donors (Lipinski definition) is 0. The summed E-state index contributed by atoms with van der Waals surface area (Å²) in [5.41, 5.74) is 0.969. The molecular formula is C22H21BrClN3O3. The molecule has 156 valence electrons. The summed E-state index contributed by atoms with van der Waals surface area (Å²) in [7, 11) is 1.66. The number of para-hydroxylation sites is 1. The minimum Gasteiger partial charge on any atom is -0.315 e. The second kappa shape index (κ2) is 7.71. The van der Waals surface area contributed by atoms with Crippen molar-refractivity contribution in [1.82, 2.24) is 4.90 Å². The topological polar surface area (TPSA) is 60.9 Å². The van der Waals surface area contributed by atoms with Gasteiger partial charge in [-0.2, -0.15) is 0 Å². The van der Waals surface area contributed by atoms with E-state index >= 15 is 0 Å². The molecule has 1 fully saturated rings. The number of benzene rings is 2. The lowest BCUT2D eigenvalue weighted by molar-refractivity contribution is -0.118. The average molecular weight is 491 g/mol. The van der Waals surface area contributed by atoms with Crippen LogP contribution in [0.3, 0.4) is 0 Å². The van der Waals surface area contributed by atoms with E-state index in [4.69, 9.17) is 11.6 Å². The van der Waals surface area contributed by atoms with Crippen molar-refractivity contribution in [3.05, 3.63) is 57.5 Å². The van der Waals surface area contributed by atoms with Crippen molar-refractivity contribution in [1.29, 1.82) is 0 Å². The van der Waals surface area contributed by atoms with E-state index in [0.29, 0.717) is 34.8 Å². The average Bonchev–Trinajstić information content (AvgIpc) is 3.02. The maximum atomic E-state index is 13.3. The molecule has 2 aliphatic rings. The zero-order valence-corrected chi connectivity index (χ0v) is 19.0. The van der Waals surface area contributed by atoms with Crippen LogP contribution in [0.4, 0.5) is 11.4 Å². The first-order valence-corrected chi connectivity index (χ1v) is 10.9. The fourth-order valence-corrected chi connectivity index (χ4v) is 5.10. The van der Waals surface area contributed by atoms with E-state index in [1.54, 1.807) is 47.2 Å². The number of rotatable bonds is 4. The van der Waals surface area contributed by atoms with Crippen LogP contribution in [-0.2, 0) is 9.59 Å². The molecule has 2 heterocycles. The first-order valence-electron chi connectivity index (χ1n) is 9.70. The van der Waals surface area contributed by atoms with Gasteiger partial charge < -0.3 is 9.80 Å². The van der Waals surface area contributed by atoms with Gasteiger partial charge in [0, 0.05) is 30.9 Å². The van der Waals surface area contributed by atoms with Gasteiger partial charge in [0.25, 0.3) is 5.91 Å². The fourth-order valence-electron chi connectivity index (χ4n) is 4.30. The van der Waals surface area contributed by atoms with Gasteiger partial charge in [-0.25, -0.2) is 0 Å². The Morgan fingerprint density at radius 3 is 2.70 bits per heavy atom. The van der Waals surface area contributed by atoms with Crippen molar-refractivity contribution in [2.75, 3.05) is 23.4 Å². The Morgan fingerprint density at radius 2 is 1.97 bits per heavy atom. The van der Waals surface area contributed by atoms with E-state index in [1.165, 1.54) is 4.90 Å². The molecule has 0 spiro atoms. The Labute approximate surface area is 188 Å². The third-order valence-corrected chi connectivity index (χ3v) is 6.74. The number of fused-ring (bicyclic) bond motifs is 3. The van der Waals surface area contributed by atoms with E-state index in [2.05, 4.69) is 15.9 Å². The van der Waals surface area contributed by atoms with Gasteiger partial charge in [-0.1, -0.05) is 39.7 Å². The van der Waals surface area contributed by atoms with Crippen molar-refractivity contribution in [2.45, 2.75) is 31.8 Å². The zero-order chi connectivity index (χ0) is 21.6. The predicted octanol–water partition coefficient (Wildman–Crippen LogP) is 4.45. The number of carbonyl (C=O) groups is 3. The molecule has 0 N–H and O–H groups in total. The van der Waals surface area contributed by atoms with Gasteiger partial charge in [0.15, 0.2) is 0 Å². The normalized spacial score (nSPS) is 20.3. The number of nitrogens with zero attached hydrogens (tertiary/aromatic N) is 3. The number of carbonyl (C=O) groups excluding carboxylic acids is 3. The summed E-state index contributed by atoms with van der Waals surface area (Å²) in [5, 5.41) is 0.461. The minimum absolute atomic E-state index is 0.00691. The SMILES string of the molecule is CN(C(=O)CCN1C(=O)c2ccccc2N2C(=O)CCC12C)c1ccc(Br)cc1Cl. The van der Waals surface area contributed by atoms with Crippen molar-refractivity contribution in [3.8, 4) is 0 Å². The molecule has 1 atom stereocenters. The standard InChI is InChI=1S/C22H21BrClN3O3/c1-22-11-9-20(29)27(22)17-6-4-3-5-15(17)21(30)26(22)12-10-19(28)25(2)18-8-7-14(23)13-16(18)24/h3-8,13H,9-12H2,1-2H3. The lowest BCUT2D eigenvalue weighted by atomic mass is 9.98. The van der Waals surface area contributed by atoms with Crippen molar-refractivity contribution in [2.24, 2.45) is 0 Å². The summed E-state index contributed by atoms with van der Waals surface area (Å²) in [6.07, 6.45) is 1.03. The van der Waals surface area contributed by atoms with Gasteiger partial charge in [0.1, 0.15) is 5.66 Å². The summed E-state index contributed by atoms with van der Waals surface area (Å²) in [5.74, 6) is -0.325. The lowest BCUT2D eigenvalue weighted by Crippen LogP contribution is -2.62. The second-order valence-corrected chi connectivity index (χ2v) is 9.04. The molecule has 1 unspecified atom stereocenters. The Balaban J connectivity index is 1.58. The molecular weight excluding hydrogens is 470 g/mol. The minimum atomic E-state index is -0.767. The highest BCUT2D eigenvalue weighted by Gasteiger charge is 2.52. The number of halogens is 2. The summed E-state index contributed by atoms with van der Waals surface area (Å²) < 4.78 is 0.827. The highest BCUT2D eigenvalue weighted by Crippen LogP contribution is 2.44. The van der Waals surface area contributed by atoms with Crippen molar-refractivity contribution >= 4 is 56.6 Å². The summed E-state index contributed by atoms with van der Waals surface area (Å²) in [6, 6.07) is 12.5. The number of hydrogen-bond acceptors (Lipinski definition) is 3. The maximum Gasteiger partial charge on any atom is 0.257 e. The van der Waals surface area contributed by atoms with Gasteiger partial charge in [-0.15, -0.1) is 0 Å². The lowest BCUT2D eigenvalue weighted by Gasteiger charge is -2.48. The van der Waals surface area contributed by atoms with Crippen molar-refractivity contribution < 1.29 is 14.4 Å². The molecule has 3 amide bonds. The third kappa shape index (κ3) is 3.30. The molecule has 1 saturated heterocycles. The molecule has 2 aromatic carbocycles. The van der Waals surface area contributed by atoms with Crippen LogP contribution >= 0.6 is 27.5 Å². The van der Waals surface area contributed by atoms with Gasteiger partial charge >= 0.3 is 0 Å². The monoisotopic (exact) mass is 489 g/mol. The van der Waals surface area contributed by atoms with Crippen LogP contribution in [-0.4, -0.2) is 41.9 Å². The molecule has 0 bridgehead atoms. The Hall–Kier alpha value is -2.38. The molecule has 0 aromatic heterocycles. The summed E-state index contributed by atoms with van der Waals surface area (Å²) in [4.78, 5) is 43.6. The predicted molar refractivity (Wildman–Crippen MR) is 120 cm³/mol. The molecule has 0 radical (unpaired) electrons. The highest BCUT2D eigenvalue weighted by atomic mass is 79.9. The van der Waals surface area contributed by atoms with Gasteiger partial charge in [0.2, 0.25) is 11.8 Å². The zero-order valence-electron chi connectivity index (χ0n) is 16.7. The fraction of sp³-hybridized carbons (Fsp3) is 0.318. The largest absolute Gasteiger partial charge is 0.315 e. The van der Waals surface area contributed by atoms with E-state index in [-0.39, 0.29) is 30.7 Å². The summed E-state index contributed by atoms with van der Waals surface area (Å²) >= 11 is 9.63. The van der Waals surface area contributed by atoms with E-state index in [1.807, 2.05) is 19.1 Å². The van der Waals surface area contributed by atoms with Crippen LogP contribution in [0.15, 0.2) is 46.9 Å². The third-order valence-electron chi connectivity index (χ3n) is 5.94. The number of anilines is 2. The Bertz CT molecular complexity index is 1060. The Morgan fingerprint density at radius 1 is 1.23 bits per heavy atom. The first-order chi connectivity index (χ1) is 14.2. The van der Waals surface area contributed by atoms with Crippen molar-refractivity contribution in [3.63, 3.8) is 0 Å². The van der Waals surface area contributed by atoms with Crippen LogP contribution in [0.1, 0.15) is 36.5 Å². The maximum absolute atomic E-state index is 13.3. The molecule has 30 heavy (non-hydrogen) atoms. The smallest absolute Gasteiger partial charge is 0.257 e. The quantitative estimate of drug-likeness (QED) is 0.636. The van der Waals surface area contributed by atoms with Crippen LogP contribution in [0.2, 0.25) is 5.02 Å². The molecule has 6 nitrogen and oxygen atoms in total. The highest BCUT2D eigenvalue weighted by molar-refractivity contribution is 9.10. The van der Waals surface area contributed by atoms with E-state index in [9.17, 15) is 14.4 Å². The van der Waals surface area contributed by atoms with Crippen LogP contribution in [0, 0.1) is 0 Å². The van der Waals surface area contributed by atoms with Crippen LogP contribution in [0.25, 0.3) is 0 Å². The number of amides is 3. The molecule has 8 heteroatoms. The van der Waals surface area contributed by atoms with E-state index in [0.717, 1.165) is 4.47 Å².